The number of amides is 1. The second kappa shape index (κ2) is 6.37. The van der Waals surface area contributed by atoms with Gasteiger partial charge in [-0.1, -0.05) is 0 Å². The van der Waals surface area contributed by atoms with E-state index in [-0.39, 0.29) is 19.1 Å². The monoisotopic (exact) mass is 347 g/mol. The molecular weight excluding hydrogens is 326 g/mol. The number of thiazole rings is 1. The lowest BCUT2D eigenvalue weighted by Crippen LogP contribution is -2.34. The van der Waals surface area contributed by atoms with E-state index < -0.39 is 0 Å². The van der Waals surface area contributed by atoms with Crippen molar-refractivity contribution in [2.24, 2.45) is 7.05 Å². The summed E-state index contributed by atoms with van der Waals surface area (Å²) in [4.78, 5) is 20.0. The Morgan fingerprint density at radius 2 is 2.08 bits per heavy atom. The maximum atomic E-state index is 13.1. The van der Waals surface area contributed by atoms with Gasteiger partial charge in [0.05, 0.1) is 18.0 Å². The van der Waals surface area contributed by atoms with Crippen LogP contribution in [0.4, 0.5) is 0 Å². The van der Waals surface area contributed by atoms with Crippen LogP contribution in [0.5, 0.6) is 0 Å². The van der Waals surface area contributed by atoms with Gasteiger partial charge in [0.15, 0.2) is 4.96 Å². The molecule has 0 fully saturated rings. The number of hydrogen-bond acceptors (Lipinski definition) is 5. The van der Waals surface area contributed by atoms with Gasteiger partial charge in [-0.2, -0.15) is 5.10 Å². The molecule has 0 unspecified atom stereocenters. The predicted octanol–water partition coefficient (Wildman–Crippen LogP) is 1.69. The van der Waals surface area contributed by atoms with Crippen LogP contribution in [0.3, 0.4) is 0 Å². The third-order valence-corrected chi connectivity index (χ3v) is 5.06. The summed E-state index contributed by atoms with van der Waals surface area (Å²) in [6.45, 7) is 6.35. The normalized spacial score (nSPS) is 11.4. The molecule has 7 nitrogen and oxygen atoms in total. The van der Waals surface area contributed by atoms with Crippen LogP contribution in [0, 0.1) is 20.8 Å². The Hall–Kier alpha value is -2.19. The average molecular weight is 347 g/mol. The van der Waals surface area contributed by atoms with Gasteiger partial charge in [0.25, 0.3) is 5.91 Å². The number of fused-ring (bicyclic) bond motifs is 1. The summed E-state index contributed by atoms with van der Waals surface area (Å²) < 4.78 is 3.63. The van der Waals surface area contributed by atoms with E-state index in [2.05, 4.69) is 10.1 Å². The SMILES string of the molecule is Cc1nn(C)c(C)c1CN(CCO)C(=O)c1c(C)nc2sccn12. The minimum atomic E-state index is -0.130. The van der Waals surface area contributed by atoms with Crippen molar-refractivity contribution in [3.05, 3.63) is 39.9 Å². The molecule has 1 amide bonds. The van der Waals surface area contributed by atoms with E-state index in [4.69, 9.17) is 0 Å². The summed E-state index contributed by atoms with van der Waals surface area (Å²) in [5.74, 6) is -0.130. The molecule has 3 aromatic rings. The summed E-state index contributed by atoms with van der Waals surface area (Å²) in [6.07, 6.45) is 1.85. The van der Waals surface area contributed by atoms with Crippen molar-refractivity contribution in [1.82, 2.24) is 24.1 Å². The second-order valence-corrected chi connectivity index (χ2v) is 6.70. The average Bonchev–Trinajstić information content (AvgIpc) is 3.15. The van der Waals surface area contributed by atoms with Gasteiger partial charge >= 0.3 is 0 Å². The Balaban J connectivity index is 1.97. The van der Waals surface area contributed by atoms with E-state index in [1.165, 1.54) is 11.3 Å². The molecule has 3 aromatic heterocycles. The summed E-state index contributed by atoms with van der Waals surface area (Å²) >= 11 is 1.50. The van der Waals surface area contributed by atoms with Crippen LogP contribution in [-0.4, -0.2) is 48.2 Å². The number of carbonyl (C=O) groups is 1. The number of rotatable bonds is 5. The number of nitrogens with zero attached hydrogens (tertiary/aromatic N) is 5. The second-order valence-electron chi connectivity index (χ2n) is 5.82. The molecule has 24 heavy (non-hydrogen) atoms. The standard InChI is InChI=1S/C16H21N5O2S/c1-10-13(12(3)19(4)18-10)9-20(5-7-22)15(23)14-11(2)17-16-21(14)6-8-24-16/h6,8,22H,5,7,9H2,1-4H3. The molecule has 128 valence electrons. The van der Waals surface area contributed by atoms with Crippen molar-refractivity contribution in [2.75, 3.05) is 13.2 Å². The van der Waals surface area contributed by atoms with Gasteiger partial charge in [-0.25, -0.2) is 4.98 Å². The Morgan fingerprint density at radius 1 is 1.33 bits per heavy atom. The minimum Gasteiger partial charge on any atom is -0.395 e. The van der Waals surface area contributed by atoms with E-state index in [9.17, 15) is 9.90 Å². The van der Waals surface area contributed by atoms with Crippen molar-refractivity contribution in [3.8, 4) is 0 Å². The highest BCUT2D eigenvalue weighted by Gasteiger charge is 2.24. The Labute approximate surface area is 144 Å². The first kappa shape index (κ1) is 16.7. The molecule has 0 aliphatic rings. The molecule has 0 atom stereocenters. The fraction of sp³-hybridized carbons (Fsp3) is 0.438. The van der Waals surface area contributed by atoms with Crippen molar-refractivity contribution < 1.29 is 9.90 Å². The van der Waals surface area contributed by atoms with Crippen molar-refractivity contribution in [3.63, 3.8) is 0 Å². The van der Waals surface area contributed by atoms with E-state index in [0.29, 0.717) is 17.9 Å². The van der Waals surface area contributed by atoms with Crippen LogP contribution < -0.4 is 0 Å². The van der Waals surface area contributed by atoms with Gasteiger partial charge in [0.2, 0.25) is 0 Å². The molecule has 3 heterocycles. The Morgan fingerprint density at radius 3 is 2.71 bits per heavy atom. The molecule has 8 heteroatoms. The summed E-state index contributed by atoms with van der Waals surface area (Å²) in [5, 5.41) is 15.7. The van der Waals surface area contributed by atoms with Gasteiger partial charge in [-0.05, 0) is 20.8 Å². The van der Waals surface area contributed by atoms with Crippen LogP contribution in [0.1, 0.15) is 33.1 Å². The fourth-order valence-electron chi connectivity index (χ4n) is 2.91. The topological polar surface area (TPSA) is 75.7 Å². The molecule has 0 radical (unpaired) electrons. The van der Waals surface area contributed by atoms with E-state index in [0.717, 1.165) is 21.9 Å². The van der Waals surface area contributed by atoms with Crippen LogP contribution >= 0.6 is 11.3 Å². The molecule has 0 spiro atoms. The molecule has 0 saturated heterocycles. The van der Waals surface area contributed by atoms with Crippen LogP contribution in [0.25, 0.3) is 4.96 Å². The van der Waals surface area contributed by atoms with Crippen molar-refractivity contribution in [1.29, 1.82) is 0 Å². The number of hydrogen-bond donors (Lipinski definition) is 1. The zero-order valence-corrected chi connectivity index (χ0v) is 15.1. The largest absolute Gasteiger partial charge is 0.395 e. The molecule has 0 aromatic carbocycles. The summed E-state index contributed by atoms with van der Waals surface area (Å²) in [6, 6.07) is 0. The Bertz CT molecular complexity index is 892. The van der Waals surface area contributed by atoms with Gasteiger partial charge in [-0.3, -0.25) is 13.9 Å². The van der Waals surface area contributed by atoms with E-state index >= 15 is 0 Å². The number of aliphatic hydroxyl groups is 1. The fourth-order valence-corrected chi connectivity index (χ4v) is 3.67. The van der Waals surface area contributed by atoms with Gasteiger partial charge < -0.3 is 10.0 Å². The van der Waals surface area contributed by atoms with Crippen LogP contribution in [-0.2, 0) is 13.6 Å². The summed E-state index contributed by atoms with van der Waals surface area (Å²) in [5.41, 5.74) is 4.20. The molecular formula is C16H21N5O2S. The lowest BCUT2D eigenvalue weighted by atomic mass is 10.1. The van der Waals surface area contributed by atoms with Gasteiger partial charge in [0.1, 0.15) is 5.69 Å². The van der Waals surface area contributed by atoms with Gasteiger partial charge in [0, 0.05) is 43.0 Å². The molecule has 1 N–H and O–H groups in total. The number of aliphatic hydroxyl groups excluding tert-OH is 1. The highest BCUT2D eigenvalue weighted by Crippen LogP contribution is 2.21. The first-order valence-corrected chi connectivity index (χ1v) is 8.63. The zero-order chi connectivity index (χ0) is 17.4. The molecule has 0 aliphatic heterocycles. The van der Waals surface area contributed by atoms with Crippen molar-refractivity contribution >= 4 is 22.2 Å². The van der Waals surface area contributed by atoms with E-state index in [1.807, 2.05) is 48.5 Å². The van der Waals surface area contributed by atoms with Crippen molar-refractivity contribution in [2.45, 2.75) is 27.3 Å². The lowest BCUT2D eigenvalue weighted by Gasteiger charge is -2.22. The lowest BCUT2D eigenvalue weighted by molar-refractivity contribution is 0.0699. The maximum Gasteiger partial charge on any atom is 0.273 e. The minimum absolute atomic E-state index is 0.0886. The number of aryl methyl sites for hydroxylation is 3. The number of imidazole rings is 1. The molecule has 3 rings (SSSR count). The first-order valence-electron chi connectivity index (χ1n) is 7.75. The van der Waals surface area contributed by atoms with Crippen LogP contribution in [0.2, 0.25) is 0 Å². The summed E-state index contributed by atoms with van der Waals surface area (Å²) in [7, 11) is 1.89. The highest BCUT2D eigenvalue weighted by atomic mass is 32.1. The first-order chi connectivity index (χ1) is 11.4. The molecule has 0 bridgehead atoms. The quantitative estimate of drug-likeness (QED) is 0.762. The van der Waals surface area contributed by atoms with E-state index in [1.54, 1.807) is 4.90 Å². The molecule has 0 aliphatic carbocycles. The number of carbonyl (C=O) groups excluding carboxylic acids is 1. The third-order valence-electron chi connectivity index (χ3n) is 4.30. The van der Waals surface area contributed by atoms with Gasteiger partial charge in [-0.15, -0.1) is 11.3 Å². The highest BCUT2D eigenvalue weighted by molar-refractivity contribution is 7.15. The Kier molecular flexibility index (Phi) is 4.42. The van der Waals surface area contributed by atoms with Crippen LogP contribution in [0.15, 0.2) is 11.6 Å². The molecule has 0 saturated carbocycles. The third kappa shape index (κ3) is 2.71. The predicted molar refractivity (Wildman–Crippen MR) is 92.3 cm³/mol. The number of aromatic nitrogens is 4. The zero-order valence-electron chi connectivity index (χ0n) is 14.3. The smallest absolute Gasteiger partial charge is 0.273 e. The maximum absolute atomic E-state index is 13.1.